The van der Waals surface area contributed by atoms with Crippen LogP contribution in [0.1, 0.15) is 43.2 Å². The second-order valence-corrected chi connectivity index (χ2v) is 4.50. The molecule has 0 aromatic heterocycles. The number of hydrogen-bond acceptors (Lipinski definition) is 0. The molecule has 1 aliphatic carbocycles. The van der Waals surface area contributed by atoms with Crippen LogP contribution in [0.3, 0.4) is 0 Å². The monoisotopic (exact) mass is 220 g/mol. The van der Waals surface area contributed by atoms with E-state index in [1.807, 2.05) is 0 Å². The number of hydrogen-bond donors (Lipinski definition) is 0. The molecule has 0 unspecified atom stereocenters. The maximum absolute atomic E-state index is 5.86. The van der Waals surface area contributed by atoms with Gasteiger partial charge in [0.05, 0.1) is 0 Å². The molecule has 1 saturated carbocycles. The molecule has 15 heavy (non-hydrogen) atoms. The van der Waals surface area contributed by atoms with E-state index in [-0.39, 0.29) is 0 Å². The van der Waals surface area contributed by atoms with Gasteiger partial charge < -0.3 is 0 Å². The van der Waals surface area contributed by atoms with E-state index in [9.17, 15) is 0 Å². The van der Waals surface area contributed by atoms with Gasteiger partial charge >= 0.3 is 0 Å². The molecule has 0 nitrogen and oxygen atoms in total. The summed E-state index contributed by atoms with van der Waals surface area (Å²) in [4.78, 5) is 0. The fourth-order valence-corrected chi connectivity index (χ4v) is 2.06. The second-order valence-electron chi connectivity index (χ2n) is 4.23. The minimum atomic E-state index is 0.643. The third kappa shape index (κ3) is 2.85. The zero-order valence-corrected chi connectivity index (χ0v) is 9.93. The van der Waals surface area contributed by atoms with Crippen LogP contribution in [0.4, 0.5) is 0 Å². The van der Waals surface area contributed by atoms with Crippen molar-refractivity contribution in [2.24, 2.45) is 0 Å². The van der Waals surface area contributed by atoms with Crippen LogP contribution < -0.4 is 0 Å². The number of halogens is 1. The molecule has 80 valence electrons. The minimum Gasteiger partial charge on any atom is -0.122 e. The first-order valence-electron chi connectivity index (χ1n) is 5.69. The van der Waals surface area contributed by atoms with E-state index in [0.717, 1.165) is 12.3 Å². The molecule has 1 heteroatoms. The molecule has 0 atom stereocenters. The summed E-state index contributed by atoms with van der Waals surface area (Å²) in [7, 11) is 0. The first-order valence-corrected chi connectivity index (χ1v) is 6.22. The molecule has 0 bridgehead atoms. The Morgan fingerprint density at radius 3 is 2.87 bits per heavy atom. The lowest BCUT2D eigenvalue weighted by atomic mass is 10.0. The average molecular weight is 221 g/mol. The lowest BCUT2D eigenvalue weighted by Crippen LogP contribution is -1.84. The van der Waals surface area contributed by atoms with Crippen molar-refractivity contribution in [2.75, 3.05) is 5.88 Å². The predicted octanol–water partition coefficient (Wildman–Crippen LogP) is 4.60. The molecular weight excluding hydrogens is 204 g/mol. The Morgan fingerprint density at radius 2 is 2.27 bits per heavy atom. The van der Waals surface area contributed by atoms with Crippen molar-refractivity contribution in [1.29, 1.82) is 0 Å². The Kier molecular flexibility index (Phi) is 3.48. The lowest BCUT2D eigenvalue weighted by molar-refractivity contribution is 1.11. The van der Waals surface area contributed by atoms with Crippen LogP contribution in [0.25, 0.3) is 6.08 Å². The van der Waals surface area contributed by atoms with Crippen LogP contribution in [-0.2, 0) is 0 Å². The molecule has 0 amide bonds. The van der Waals surface area contributed by atoms with E-state index in [1.54, 1.807) is 0 Å². The predicted molar refractivity (Wildman–Crippen MR) is 67.4 cm³/mol. The highest BCUT2D eigenvalue weighted by Crippen LogP contribution is 2.40. The van der Waals surface area contributed by atoms with Crippen LogP contribution in [0.2, 0.25) is 0 Å². The van der Waals surface area contributed by atoms with Crippen molar-refractivity contribution in [1.82, 2.24) is 0 Å². The smallest absolute Gasteiger partial charge is 0.0436 e. The van der Waals surface area contributed by atoms with E-state index < -0.39 is 0 Å². The SMILES string of the molecule is CCC(=Cc1cccc(C2CC2)c1)CCl. The molecule has 0 N–H and O–H groups in total. The van der Waals surface area contributed by atoms with Crippen LogP contribution in [0.15, 0.2) is 29.8 Å². The first kappa shape index (κ1) is 10.8. The number of rotatable bonds is 4. The first-order chi connectivity index (χ1) is 7.33. The Labute approximate surface area is 97.0 Å². The van der Waals surface area contributed by atoms with Gasteiger partial charge in [0.15, 0.2) is 0 Å². The fraction of sp³-hybridized carbons (Fsp3) is 0.429. The molecule has 0 radical (unpaired) electrons. The van der Waals surface area contributed by atoms with Crippen LogP contribution in [0, 0.1) is 0 Å². The molecule has 0 aliphatic heterocycles. The highest BCUT2D eigenvalue weighted by molar-refractivity contribution is 6.19. The number of allylic oxidation sites excluding steroid dienone is 1. The van der Waals surface area contributed by atoms with E-state index >= 15 is 0 Å². The van der Waals surface area contributed by atoms with Gasteiger partial charge in [-0.2, -0.15) is 0 Å². The van der Waals surface area contributed by atoms with E-state index in [1.165, 1.54) is 29.5 Å². The van der Waals surface area contributed by atoms with E-state index in [2.05, 4.69) is 37.3 Å². The molecule has 2 rings (SSSR count). The van der Waals surface area contributed by atoms with Gasteiger partial charge in [0.2, 0.25) is 0 Å². The topological polar surface area (TPSA) is 0 Å². The Hall–Kier alpha value is -0.750. The molecule has 1 fully saturated rings. The van der Waals surface area contributed by atoms with Crippen LogP contribution in [-0.4, -0.2) is 5.88 Å². The Morgan fingerprint density at radius 1 is 1.47 bits per heavy atom. The van der Waals surface area contributed by atoms with Gasteiger partial charge in [0, 0.05) is 5.88 Å². The molecule has 1 aromatic rings. The summed E-state index contributed by atoms with van der Waals surface area (Å²) in [5.74, 6) is 1.48. The fourth-order valence-electron chi connectivity index (χ4n) is 1.79. The second kappa shape index (κ2) is 4.85. The van der Waals surface area contributed by atoms with E-state index in [4.69, 9.17) is 11.6 Å². The van der Waals surface area contributed by atoms with Crippen molar-refractivity contribution in [3.8, 4) is 0 Å². The van der Waals surface area contributed by atoms with E-state index in [0.29, 0.717) is 5.88 Å². The summed E-state index contributed by atoms with van der Waals surface area (Å²) in [6.07, 6.45) is 5.99. The summed E-state index contributed by atoms with van der Waals surface area (Å²) >= 11 is 5.86. The lowest BCUT2D eigenvalue weighted by Gasteiger charge is -2.02. The molecule has 0 heterocycles. The average Bonchev–Trinajstić information content (AvgIpc) is 3.10. The van der Waals surface area contributed by atoms with Crippen molar-refractivity contribution in [3.05, 3.63) is 41.0 Å². The van der Waals surface area contributed by atoms with Gasteiger partial charge in [0.1, 0.15) is 0 Å². The van der Waals surface area contributed by atoms with Gasteiger partial charge in [-0.15, -0.1) is 11.6 Å². The number of benzene rings is 1. The van der Waals surface area contributed by atoms with Gasteiger partial charge in [0.25, 0.3) is 0 Å². The highest BCUT2D eigenvalue weighted by atomic mass is 35.5. The van der Waals surface area contributed by atoms with Gasteiger partial charge in [-0.3, -0.25) is 0 Å². The quantitative estimate of drug-likeness (QED) is 0.651. The molecule has 1 aliphatic rings. The summed E-state index contributed by atoms with van der Waals surface area (Å²) < 4.78 is 0. The summed E-state index contributed by atoms with van der Waals surface area (Å²) in [6.45, 7) is 2.15. The Bertz CT molecular complexity index is 355. The van der Waals surface area contributed by atoms with Crippen molar-refractivity contribution < 1.29 is 0 Å². The molecular formula is C14H17Cl. The van der Waals surface area contributed by atoms with Crippen LogP contribution in [0.5, 0.6) is 0 Å². The molecule has 0 spiro atoms. The van der Waals surface area contributed by atoms with Crippen molar-refractivity contribution in [3.63, 3.8) is 0 Å². The molecule has 0 saturated heterocycles. The minimum absolute atomic E-state index is 0.643. The normalized spacial score (nSPS) is 16.8. The summed E-state index contributed by atoms with van der Waals surface area (Å²) in [5.41, 5.74) is 4.11. The summed E-state index contributed by atoms with van der Waals surface area (Å²) in [6, 6.07) is 8.86. The van der Waals surface area contributed by atoms with Gasteiger partial charge in [-0.1, -0.05) is 42.8 Å². The van der Waals surface area contributed by atoms with Crippen LogP contribution >= 0.6 is 11.6 Å². The van der Waals surface area contributed by atoms with Crippen molar-refractivity contribution >= 4 is 17.7 Å². The largest absolute Gasteiger partial charge is 0.122 e. The molecule has 1 aromatic carbocycles. The zero-order valence-electron chi connectivity index (χ0n) is 9.17. The maximum atomic E-state index is 5.86. The highest BCUT2D eigenvalue weighted by Gasteiger charge is 2.23. The van der Waals surface area contributed by atoms with Crippen molar-refractivity contribution in [2.45, 2.75) is 32.1 Å². The zero-order chi connectivity index (χ0) is 10.7. The van der Waals surface area contributed by atoms with Gasteiger partial charge in [-0.25, -0.2) is 0 Å². The summed E-state index contributed by atoms with van der Waals surface area (Å²) in [5, 5.41) is 0. The Balaban J connectivity index is 2.20. The third-order valence-electron chi connectivity index (χ3n) is 2.96. The van der Waals surface area contributed by atoms with Gasteiger partial charge in [-0.05, 0) is 36.3 Å². The third-order valence-corrected chi connectivity index (χ3v) is 3.30. The standard InChI is InChI=1S/C14H17Cl/c1-2-11(10-15)8-12-4-3-5-14(9-12)13-6-7-13/h3-5,8-9,13H,2,6-7,10H2,1H3. The maximum Gasteiger partial charge on any atom is 0.0436 e. The number of alkyl halides is 1.